The third-order valence-electron chi connectivity index (χ3n) is 3.73. The van der Waals surface area contributed by atoms with E-state index in [0.717, 1.165) is 12.1 Å². The number of amides is 2. The van der Waals surface area contributed by atoms with Crippen molar-refractivity contribution in [1.82, 2.24) is 0 Å². The van der Waals surface area contributed by atoms with E-state index in [-0.39, 0.29) is 16.8 Å². The molecule has 0 bridgehead atoms. The van der Waals surface area contributed by atoms with Gasteiger partial charge in [-0.2, -0.15) is 0 Å². The van der Waals surface area contributed by atoms with Crippen LogP contribution in [0, 0.1) is 17.5 Å². The number of hydrogen-bond acceptors (Lipinski definition) is 2. The van der Waals surface area contributed by atoms with E-state index in [1.165, 1.54) is 48.5 Å². The second kappa shape index (κ2) is 7.74. The molecule has 0 aliphatic carbocycles. The number of hydrogen-bond donors (Lipinski definition) is 2. The zero-order valence-electron chi connectivity index (χ0n) is 13.8. The molecule has 0 unspecified atom stereocenters. The van der Waals surface area contributed by atoms with Crippen LogP contribution in [0.1, 0.15) is 20.7 Å². The molecule has 0 saturated heterocycles. The molecule has 0 aliphatic heterocycles. The number of carbonyl (C=O) groups is 2. The van der Waals surface area contributed by atoms with Crippen LogP contribution in [0.4, 0.5) is 24.5 Å². The topological polar surface area (TPSA) is 58.2 Å². The van der Waals surface area contributed by atoms with Crippen LogP contribution in [-0.4, -0.2) is 11.8 Å². The van der Waals surface area contributed by atoms with Gasteiger partial charge >= 0.3 is 0 Å². The number of nitrogens with one attached hydrogen (secondary N) is 2. The molecule has 0 saturated carbocycles. The molecule has 136 valence electrons. The first-order valence-electron chi connectivity index (χ1n) is 7.87. The lowest BCUT2D eigenvalue weighted by molar-refractivity contribution is 0.101. The lowest BCUT2D eigenvalue weighted by Crippen LogP contribution is -2.16. The highest BCUT2D eigenvalue weighted by atomic mass is 19.1. The first-order valence-corrected chi connectivity index (χ1v) is 7.87. The fourth-order valence-corrected chi connectivity index (χ4v) is 2.33. The van der Waals surface area contributed by atoms with Crippen molar-refractivity contribution in [1.29, 1.82) is 0 Å². The Bertz CT molecular complexity index is 984. The molecular formula is C20H13F3N2O2. The van der Waals surface area contributed by atoms with Gasteiger partial charge in [0.15, 0.2) is 0 Å². The molecule has 27 heavy (non-hydrogen) atoms. The highest BCUT2D eigenvalue weighted by Gasteiger charge is 2.14. The predicted octanol–water partition coefficient (Wildman–Crippen LogP) is 4.61. The van der Waals surface area contributed by atoms with Crippen LogP contribution in [0.3, 0.4) is 0 Å². The maximum atomic E-state index is 13.6. The molecule has 3 aromatic rings. The van der Waals surface area contributed by atoms with Gasteiger partial charge in [-0.3, -0.25) is 9.59 Å². The van der Waals surface area contributed by atoms with E-state index < -0.39 is 35.0 Å². The number of benzene rings is 3. The van der Waals surface area contributed by atoms with Gasteiger partial charge in [-0.25, -0.2) is 13.2 Å². The predicted molar refractivity (Wildman–Crippen MR) is 95.1 cm³/mol. The summed E-state index contributed by atoms with van der Waals surface area (Å²) in [6.07, 6.45) is 0. The first kappa shape index (κ1) is 18.2. The van der Waals surface area contributed by atoms with Crippen LogP contribution in [0.25, 0.3) is 0 Å². The van der Waals surface area contributed by atoms with Gasteiger partial charge in [-0.1, -0.05) is 18.2 Å². The Morgan fingerprint density at radius 3 is 1.63 bits per heavy atom. The highest BCUT2D eigenvalue weighted by Crippen LogP contribution is 2.19. The molecule has 0 aliphatic rings. The van der Waals surface area contributed by atoms with Crippen molar-refractivity contribution in [2.45, 2.75) is 0 Å². The minimum atomic E-state index is -0.899. The van der Waals surface area contributed by atoms with Gasteiger partial charge < -0.3 is 10.6 Å². The van der Waals surface area contributed by atoms with Crippen molar-refractivity contribution in [2.24, 2.45) is 0 Å². The van der Waals surface area contributed by atoms with Gasteiger partial charge in [0.25, 0.3) is 11.8 Å². The largest absolute Gasteiger partial charge is 0.319 e. The van der Waals surface area contributed by atoms with Gasteiger partial charge in [0, 0.05) is 11.1 Å². The monoisotopic (exact) mass is 370 g/mol. The van der Waals surface area contributed by atoms with E-state index in [9.17, 15) is 22.8 Å². The number of halogens is 3. The summed E-state index contributed by atoms with van der Waals surface area (Å²) in [5, 5.41) is 4.57. The lowest BCUT2D eigenvalue weighted by Gasteiger charge is -2.09. The molecule has 4 nitrogen and oxygen atoms in total. The van der Waals surface area contributed by atoms with Crippen molar-refractivity contribution in [3.63, 3.8) is 0 Å². The second-order valence-corrected chi connectivity index (χ2v) is 5.56. The van der Waals surface area contributed by atoms with E-state index >= 15 is 0 Å². The SMILES string of the molecule is O=C(Nc1ccccc1F)c1ccc(C(=O)Nc2c(F)cccc2F)cc1. The van der Waals surface area contributed by atoms with Gasteiger partial charge in [-0.05, 0) is 48.5 Å². The minimum Gasteiger partial charge on any atom is -0.319 e. The molecule has 0 atom stereocenters. The average Bonchev–Trinajstić information content (AvgIpc) is 2.66. The quantitative estimate of drug-likeness (QED) is 0.705. The van der Waals surface area contributed by atoms with Crippen molar-refractivity contribution in [3.8, 4) is 0 Å². The number of anilines is 2. The summed E-state index contributed by atoms with van der Waals surface area (Å²) >= 11 is 0. The van der Waals surface area contributed by atoms with E-state index in [1.54, 1.807) is 6.07 Å². The number of rotatable bonds is 4. The van der Waals surface area contributed by atoms with Crippen LogP contribution >= 0.6 is 0 Å². The Labute approximate surface area is 152 Å². The van der Waals surface area contributed by atoms with Crippen molar-refractivity contribution in [2.75, 3.05) is 10.6 Å². The standard InChI is InChI=1S/C20H13F3N2O2/c21-14-4-1-2-7-17(14)24-19(26)12-8-10-13(11-9-12)20(27)25-18-15(22)5-3-6-16(18)23/h1-11H,(H,24,26)(H,25,27). The molecule has 0 aromatic heterocycles. The Morgan fingerprint density at radius 2 is 1.07 bits per heavy atom. The van der Waals surface area contributed by atoms with Gasteiger partial charge in [0.2, 0.25) is 0 Å². The Kier molecular flexibility index (Phi) is 5.21. The Balaban J connectivity index is 1.72. The second-order valence-electron chi connectivity index (χ2n) is 5.56. The number of para-hydroxylation sites is 2. The Morgan fingerprint density at radius 1 is 0.593 bits per heavy atom. The molecular weight excluding hydrogens is 357 g/mol. The van der Waals surface area contributed by atoms with Crippen LogP contribution in [0.2, 0.25) is 0 Å². The van der Waals surface area contributed by atoms with Crippen molar-refractivity contribution >= 4 is 23.2 Å². The molecule has 0 heterocycles. The summed E-state index contributed by atoms with van der Waals surface area (Å²) in [5.74, 6) is -3.67. The fourth-order valence-electron chi connectivity index (χ4n) is 2.33. The maximum Gasteiger partial charge on any atom is 0.255 e. The van der Waals surface area contributed by atoms with Crippen LogP contribution in [0.5, 0.6) is 0 Å². The summed E-state index contributed by atoms with van der Waals surface area (Å²) in [5.41, 5.74) is -0.241. The third kappa shape index (κ3) is 4.14. The van der Waals surface area contributed by atoms with E-state index in [1.807, 2.05) is 0 Å². The van der Waals surface area contributed by atoms with Gasteiger partial charge in [0.05, 0.1) is 5.69 Å². The summed E-state index contributed by atoms with van der Waals surface area (Å²) in [7, 11) is 0. The molecule has 0 radical (unpaired) electrons. The minimum absolute atomic E-state index is 0.0272. The first-order chi connectivity index (χ1) is 13.0. The molecule has 3 rings (SSSR count). The maximum absolute atomic E-state index is 13.6. The smallest absolute Gasteiger partial charge is 0.255 e. The van der Waals surface area contributed by atoms with E-state index in [4.69, 9.17) is 0 Å². The summed E-state index contributed by atoms with van der Waals surface area (Å²) in [4.78, 5) is 24.3. The Hall–Kier alpha value is -3.61. The molecule has 3 aromatic carbocycles. The zero-order chi connectivity index (χ0) is 19.4. The molecule has 2 amide bonds. The molecule has 0 fully saturated rings. The molecule has 0 spiro atoms. The number of carbonyl (C=O) groups excluding carboxylic acids is 2. The van der Waals surface area contributed by atoms with Crippen LogP contribution in [-0.2, 0) is 0 Å². The summed E-state index contributed by atoms with van der Waals surface area (Å²) in [6, 6.07) is 14.3. The lowest BCUT2D eigenvalue weighted by atomic mass is 10.1. The molecule has 7 heteroatoms. The normalized spacial score (nSPS) is 10.3. The molecule has 2 N–H and O–H groups in total. The van der Waals surface area contributed by atoms with E-state index in [2.05, 4.69) is 10.6 Å². The summed E-state index contributed by atoms with van der Waals surface area (Å²) < 4.78 is 40.8. The third-order valence-corrected chi connectivity index (χ3v) is 3.73. The van der Waals surface area contributed by atoms with E-state index in [0.29, 0.717) is 0 Å². The van der Waals surface area contributed by atoms with Crippen molar-refractivity contribution in [3.05, 3.63) is 95.3 Å². The summed E-state index contributed by atoms with van der Waals surface area (Å²) in [6.45, 7) is 0. The van der Waals surface area contributed by atoms with Crippen molar-refractivity contribution < 1.29 is 22.8 Å². The van der Waals surface area contributed by atoms with Gasteiger partial charge in [-0.15, -0.1) is 0 Å². The van der Waals surface area contributed by atoms with Crippen LogP contribution in [0.15, 0.2) is 66.7 Å². The average molecular weight is 370 g/mol. The van der Waals surface area contributed by atoms with Gasteiger partial charge in [0.1, 0.15) is 23.1 Å². The zero-order valence-corrected chi connectivity index (χ0v) is 13.8. The highest BCUT2D eigenvalue weighted by molar-refractivity contribution is 6.07. The fraction of sp³-hybridized carbons (Fsp3) is 0. The van der Waals surface area contributed by atoms with Crippen LogP contribution < -0.4 is 10.6 Å².